The zero-order chi connectivity index (χ0) is 23.8. The van der Waals surface area contributed by atoms with Crippen LogP contribution in [0.4, 0.5) is 0 Å². The number of benzene rings is 2. The number of esters is 1. The largest absolute Gasteiger partial charge is 0.489 e. The van der Waals surface area contributed by atoms with Crippen LogP contribution in [0.25, 0.3) is 0 Å². The molecule has 1 aliphatic rings. The number of hydrogen-bond acceptors (Lipinski definition) is 5. The van der Waals surface area contributed by atoms with E-state index in [2.05, 4.69) is 24.0 Å². The molecular formula is C27H36ClNO4. The molecule has 1 atom stereocenters. The molecule has 6 heteroatoms. The molecule has 1 unspecified atom stereocenters. The molecule has 0 aliphatic carbocycles. The molecule has 1 saturated heterocycles. The molecule has 0 N–H and O–H groups in total. The van der Waals surface area contributed by atoms with Crippen LogP contribution >= 0.6 is 11.6 Å². The van der Waals surface area contributed by atoms with Crippen molar-refractivity contribution in [1.82, 2.24) is 4.90 Å². The molecule has 180 valence electrons. The van der Waals surface area contributed by atoms with Crippen LogP contribution in [0.3, 0.4) is 0 Å². The van der Waals surface area contributed by atoms with Gasteiger partial charge in [0.25, 0.3) is 0 Å². The third-order valence-electron chi connectivity index (χ3n) is 5.50. The summed E-state index contributed by atoms with van der Waals surface area (Å²) in [6.45, 7) is 11.2. The van der Waals surface area contributed by atoms with Crippen molar-refractivity contribution in [2.75, 3.05) is 26.2 Å². The molecule has 3 rings (SSSR count). The highest BCUT2D eigenvalue weighted by Gasteiger charge is 2.23. The number of ether oxygens (including phenoxy) is 3. The van der Waals surface area contributed by atoms with E-state index in [-0.39, 0.29) is 12.1 Å². The van der Waals surface area contributed by atoms with E-state index in [1.165, 1.54) is 5.56 Å². The van der Waals surface area contributed by atoms with Crippen LogP contribution in [0.1, 0.15) is 63.3 Å². The first-order valence-electron chi connectivity index (χ1n) is 11.8. The highest BCUT2D eigenvalue weighted by Crippen LogP contribution is 2.26. The molecule has 0 bridgehead atoms. The molecule has 1 heterocycles. The number of rotatable bonds is 9. The number of hydrogen-bond donors (Lipinski definition) is 0. The Hall–Kier alpha value is -2.08. The molecule has 2 aromatic carbocycles. The van der Waals surface area contributed by atoms with Gasteiger partial charge in [-0.15, -0.1) is 0 Å². The van der Waals surface area contributed by atoms with Crippen LogP contribution < -0.4 is 4.74 Å². The van der Waals surface area contributed by atoms with Crippen LogP contribution in [0, 0.1) is 0 Å². The van der Waals surface area contributed by atoms with Gasteiger partial charge in [0.1, 0.15) is 18.0 Å². The molecule has 0 radical (unpaired) electrons. The monoisotopic (exact) mass is 473 g/mol. The topological polar surface area (TPSA) is 48.0 Å². The summed E-state index contributed by atoms with van der Waals surface area (Å²) in [6.07, 6.45) is 2.51. The minimum absolute atomic E-state index is 0.0217. The Kier molecular flexibility index (Phi) is 9.19. The first-order valence-corrected chi connectivity index (χ1v) is 12.2. The minimum Gasteiger partial charge on any atom is -0.489 e. The number of aryl methyl sites for hydroxylation is 1. The maximum absolute atomic E-state index is 12.0. The Morgan fingerprint density at radius 3 is 2.64 bits per heavy atom. The summed E-state index contributed by atoms with van der Waals surface area (Å²) in [4.78, 5) is 14.3. The molecule has 0 amide bonds. The maximum atomic E-state index is 12.0. The van der Waals surface area contributed by atoms with Gasteiger partial charge in [-0.25, -0.2) is 0 Å². The quantitative estimate of drug-likeness (QED) is 0.419. The fourth-order valence-corrected chi connectivity index (χ4v) is 4.04. The van der Waals surface area contributed by atoms with E-state index in [1.54, 1.807) is 0 Å². The summed E-state index contributed by atoms with van der Waals surface area (Å²) in [5.41, 5.74) is 2.94. The van der Waals surface area contributed by atoms with E-state index >= 15 is 0 Å². The van der Waals surface area contributed by atoms with Gasteiger partial charge in [0.05, 0.1) is 19.1 Å². The first-order chi connectivity index (χ1) is 15.7. The van der Waals surface area contributed by atoms with E-state index in [9.17, 15) is 4.79 Å². The second kappa shape index (κ2) is 11.9. The van der Waals surface area contributed by atoms with Gasteiger partial charge in [-0.1, -0.05) is 49.2 Å². The predicted molar refractivity (Wildman–Crippen MR) is 132 cm³/mol. The van der Waals surface area contributed by atoms with E-state index in [4.69, 9.17) is 25.8 Å². The number of carbonyl (C=O) groups excluding carboxylic acids is 1. The normalized spacial score (nSPS) is 17.1. The van der Waals surface area contributed by atoms with Crippen molar-refractivity contribution in [3.8, 4) is 5.75 Å². The third-order valence-corrected chi connectivity index (χ3v) is 5.87. The average Bonchev–Trinajstić information content (AvgIpc) is 2.78. The molecule has 0 saturated carbocycles. The van der Waals surface area contributed by atoms with Gasteiger partial charge in [0, 0.05) is 30.2 Å². The lowest BCUT2D eigenvalue weighted by atomic mass is 10.1. The number of morpholine rings is 1. The number of carbonyl (C=O) groups is 1. The third kappa shape index (κ3) is 8.33. The van der Waals surface area contributed by atoms with E-state index in [0.717, 1.165) is 47.8 Å². The fraction of sp³-hybridized carbons (Fsp3) is 0.519. The Bertz CT molecular complexity index is 907. The second-order valence-electron chi connectivity index (χ2n) is 9.53. The average molecular weight is 474 g/mol. The minimum atomic E-state index is -0.446. The van der Waals surface area contributed by atoms with Crippen molar-refractivity contribution in [3.63, 3.8) is 0 Å². The molecule has 33 heavy (non-hydrogen) atoms. The van der Waals surface area contributed by atoms with Crippen molar-refractivity contribution >= 4 is 17.6 Å². The Morgan fingerprint density at radius 1 is 1.18 bits per heavy atom. The lowest BCUT2D eigenvalue weighted by Crippen LogP contribution is -2.39. The van der Waals surface area contributed by atoms with E-state index in [1.807, 2.05) is 51.1 Å². The summed E-state index contributed by atoms with van der Waals surface area (Å²) in [7, 11) is 0. The van der Waals surface area contributed by atoms with Crippen molar-refractivity contribution in [2.24, 2.45) is 0 Å². The lowest BCUT2D eigenvalue weighted by Gasteiger charge is -2.33. The van der Waals surface area contributed by atoms with Crippen molar-refractivity contribution in [1.29, 1.82) is 0 Å². The van der Waals surface area contributed by atoms with Gasteiger partial charge in [0.2, 0.25) is 0 Å². The molecule has 1 aliphatic heterocycles. The SMILES string of the molecule is CCCc1ccc(Cl)c(COc2ccc(C3CN(CCC(=O)OC(C)(C)C)CCO3)cc2)c1. The van der Waals surface area contributed by atoms with Crippen LogP contribution in [-0.4, -0.2) is 42.7 Å². The summed E-state index contributed by atoms with van der Waals surface area (Å²) in [6, 6.07) is 14.2. The van der Waals surface area contributed by atoms with Crippen LogP contribution in [0.2, 0.25) is 5.02 Å². The Balaban J connectivity index is 1.51. The summed E-state index contributed by atoms with van der Waals surface area (Å²) in [5.74, 6) is 0.640. The van der Waals surface area contributed by atoms with Gasteiger partial charge in [-0.2, -0.15) is 0 Å². The standard InChI is InChI=1S/C27H36ClNO4/c1-5-6-20-7-12-24(28)22(17-20)19-32-23-10-8-21(9-11-23)25-18-29(15-16-31-25)14-13-26(30)33-27(2,3)4/h7-12,17,25H,5-6,13-16,18-19H2,1-4H3. The zero-order valence-electron chi connectivity index (χ0n) is 20.2. The van der Waals surface area contributed by atoms with Gasteiger partial charge in [0.15, 0.2) is 0 Å². The predicted octanol–water partition coefficient (Wildman–Crippen LogP) is 5.98. The van der Waals surface area contributed by atoms with E-state index in [0.29, 0.717) is 26.2 Å². The molecular weight excluding hydrogens is 438 g/mol. The van der Waals surface area contributed by atoms with Crippen molar-refractivity contribution in [2.45, 2.75) is 65.3 Å². The Labute approximate surface area is 203 Å². The first kappa shape index (κ1) is 25.5. The molecule has 5 nitrogen and oxygen atoms in total. The Morgan fingerprint density at radius 2 is 1.94 bits per heavy atom. The number of halogens is 1. The summed E-state index contributed by atoms with van der Waals surface area (Å²) >= 11 is 6.35. The van der Waals surface area contributed by atoms with Crippen molar-refractivity contribution in [3.05, 3.63) is 64.2 Å². The summed E-state index contributed by atoms with van der Waals surface area (Å²) in [5, 5.41) is 0.730. The van der Waals surface area contributed by atoms with Gasteiger partial charge >= 0.3 is 5.97 Å². The molecule has 0 spiro atoms. The molecule has 0 aromatic heterocycles. The van der Waals surface area contributed by atoms with Crippen LogP contribution in [0.5, 0.6) is 5.75 Å². The van der Waals surface area contributed by atoms with Crippen LogP contribution in [0.15, 0.2) is 42.5 Å². The maximum Gasteiger partial charge on any atom is 0.307 e. The number of nitrogens with zero attached hydrogens (tertiary/aromatic N) is 1. The zero-order valence-corrected chi connectivity index (χ0v) is 21.0. The lowest BCUT2D eigenvalue weighted by molar-refractivity contribution is -0.155. The summed E-state index contributed by atoms with van der Waals surface area (Å²) < 4.78 is 17.4. The van der Waals surface area contributed by atoms with Crippen molar-refractivity contribution < 1.29 is 19.0 Å². The highest BCUT2D eigenvalue weighted by molar-refractivity contribution is 6.31. The van der Waals surface area contributed by atoms with Crippen LogP contribution in [-0.2, 0) is 27.3 Å². The molecule has 2 aromatic rings. The van der Waals surface area contributed by atoms with Gasteiger partial charge < -0.3 is 14.2 Å². The highest BCUT2D eigenvalue weighted by atomic mass is 35.5. The van der Waals surface area contributed by atoms with Gasteiger partial charge in [-0.05, 0) is 56.5 Å². The second-order valence-corrected chi connectivity index (χ2v) is 9.94. The van der Waals surface area contributed by atoms with Gasteiger partial charge in [-0.3, -0.25) is 9.69 Å². The molecule has 1 fully saturated rings. The van der Waals surface area contributed by atoms with E-state index < -0.39 is 5.60 Å². The fourth-order valence-electron chi connectivity index (χ4n) is 3.87. The smallest absolute Gasteiger partial charge is 0.307 e.